The zero-order chi connectivity index (χ0) is 11.1. The largest absolute Gasteiger partial charge is 0.445 e. The molecule has 0 aliphatic carbocycles. The summed E-state index contributed by atoms with van der Waals surface area (Å²) in [6.07, 6.45) is 1.06. The minimum absolute atomic E-state index is 0.216. The van der Waals surface area contributed by atoms with Crippen LogP contribution in [-0.4, -0.2) is 12.7 Å². The summed E-state index contributed by atoms with van der Waals surface area (Å²) in [5.74, 6) is 0. The van der Waals surface area contributed by atoms with E-state index < -0.39 is 6.09 Å². The Morgan fingerprint density at radius 3 is 2.73 bits per heavy atom. The molecule has 1 amide bonds. The van der Waals surface area contributed by atoms with Gasteiger partial charge in [0.1, 0.15) is 6.61 Å². The molecule has 3 N–H and O–H groups in total. The Labute approximate surface area is 88.7 Å². The van der Waals surface area contributed by atoms with Crippen molar-refractivity contribution in [3.63, 3.8) is 0 Å². The number of nitrogen functional groups attached to an aromatic ring is 1. The van der Waals surface area contributed by atoms with Crippen molar-refractivity contribution in [3.05, 3.63) is 42.5 Å². The fraction of sp³-hybridized carbons (Fsp3) is 0.182. The number of benzene rings is 1. The lowest BCUT2D eigenvalue weighted by molar-refractivity contribution is 0.158. The van der Waals surface area contributed by atoms with Gasteiger partial charge in [0.25, 0.3) is 0 Å². The second-order valence-corrected chi connectivity index (χ2v) is 2.98. The molecule has 1 aromatic rings. The second-order valence-electron chi connectivity index (χ2n) is 2.98. The van der Waals surface area contributed by atoms with Crippen molar-refractivity contribution in [2.45, 2.75) is 6.54 Å². The first kappa shape index (κ1) is 11.1. The minimum Gasteiger partial charge on any atom is -0.445 e. The summed E-state index contributed by atoms with van der Waals surface area (Å²) in [7, 11) is 0. The van der Waals surface area contributed by atoms with Crippen molar-refractivity contribution < 1.29 is 9.53 Å². The quantitative estimate of drug-likeness (QED) is 0.582. The fourth-order valence-electron chi connectivity index (χ4n) is 0.995. The smallest absolute Gasteiger partial charge is 0.407 e. The van der Waals surface area contributed by atoms with E-state index in [0.29, 0.717) is 12.2 Å². The van der Waals surface area contributed by atoms with Crippen LogP contribution in [-0.2, 0) is 11.3 Å². The SMILES string of the molecule is C=CCOC(=O)NCc1ccc(N)cc1. The van der Waals surface area contributed by atoms with Crippen molar-refractivity contribution in [1.29, 1.82) is 0 Å². The Morgan fingerprint density at radius 1 is 1.47 bits per heavy atom. The van der Waals surface area contributed by atoms with Gasteiger partial charge in [-0.3, -0.25) is 0 Å². The van der Waals surface area contributed by atoms with E-state index in [4.69, 9.17) is 10.5 Å². The molecule has 0 bridgehead atoms. The number of rotatable bonds is 4. The summed E-state index contributed by atoms with van der Waals surface area (Å²) in [4.78, 5) is 11.0. The van der Waals surface area contributed by atoms with E-state index in [0.717, 1.165) is 5.56 Å². The number of carbonyl (C=O) groups excluding carboxylic acids is 1. The Hall–Kier alpha value is -1.97. The van der Waals surface area contributed by atoms with Gasteiger partial charge in [-0.1, -0.05) is 24.8 Å². The summed E-state index contributed by atoms with van der Waals surface area (Å²) >= 11 is 0. The van der Waals surface area contributed by atoms with Gasteiger partial charge >= 0.3 is 6.09 Å². The molecule has 0 radical (unpaired) electrons. The highest BCUT2D eigenvalue weighted by atomic mass is 16.5. The van der Waals surface area contributed by atoms with Crippen LogP contribution in [0, 0.1) is 0 Å². The van der Waals surface area contributed by atoms with E-state index in [1.54, 1.807) is 12.1 Å². The molecular formula is C11H14N2O2. The van der Waals surface area contributed by atoms with Gasteiger partial charge in [-0.05, 0) is 17.7 Å². The zero-order valence-electron chi connectivity index (χ0n) is 8.40. The number of hydrogen-bond donors (Lipinski definition) is 2. The normalized spacial score (nSPS) is 9.33. The van der Waals surface area contributed by atoms with Crippen LogP contribution in [0.1, 0.15) is 5.56 Å². The third kappa shape index (κ3) is 4.17. The number of amides is 1. The number of anilines is 1. The van der Waals surface area contributed by atoms with E-state index in [2.05, 4.69) is 11.9 Å². The van der Waals surface area contributed by atoms with Gasteiger partial charge in [-0.25, -0.2) is 4.79 Å². The number of ether oxygens (including phenoxy) is 1. The summed E-state index contributed by atoms with van der Waals surface area (Å²) < 4.78 is 4.74. The van der Waals surface area contributed by atoms with Gasteiger partial charge in [0.15, 0.2) is 0 Å². The maximum absolute atomic E-state index is 11.0. The predicted molar refractivity (Wildman–Crippen MR) is 59.2 cm³/mol. The molecule has 80 valence electrons. The molecule has 0 aliphatic rings. The lowest BCUT2D eigenvalue weighted by atomic mass is 10.2. The average molecular weight is 206 g/mol. The molecular weight excluding hydrogens is 192 g/mol. The Balaban J connectivity index is 2.33. The van der Waals surface area contributed by atoms with Crippen molar-refractivity contribution in [2.75, 3.05) is 12.3 Å². The first-order chi connectivity index (χ1) is 7.22. The highest BCUT2D eigenvalue weighted by molar-refractivity contribution is 5.67. The van der Waals surface area contributed by atoms with Crippen molar-refractivity contribution in [2.24, 2.45) is 0 Å². The molecule has 0 aromatic heterocycles. The highest BCUT2D eigenvalue weighted by Crippen LogP contribution is 2.04. The molecule has 0 saturated carbocycles. The number of nitrogens with two attached hydrogens (primary N) is 1. The number of nitrogens with one attached hydrogen (secondary N) is 1. The van der Waals surface area contributed by atoms with Gasteiger partial charge in [0, 0.05) is 12.2 Å². The van der Waals surface area contributed by atoms with Crippen LogP contribution in [0.25, 0.3) is 0 Å². The number of carbonyl (C=O) groups is 1. The van der Waals surface area contributed by atoms with Crippen molar-refractivity contribution in [3.8, 4) is 0 Å². The topological polar surface area (TPSA) is 64.3 Å². The molecule has 1 rings (SSSR count). The van der Waals surface area contributed by atoms with Crippen LogP contribution in [0.15, 0.2) is 36.9 Å². The number of alkyl carbamates (subject to hydrolysis) is 1. The van der Waals surface area contributed by atoms with Crippen LogP contribution < -0.4 is 11.1 Å². The molecule has 0 aliphatic heterocycles. The fourth-order valence-corrected chi connectivity index (χ4v) is 0.995. The van der Waals surface area contributed by atoms with E-state index >= 15 is 0 Å². The van der Waals surface area contributed by atoms with Gasteiger partial charge < -0.3 is 15.8 Å². The first-order valence-electron chi connectivity index (χ1n) is 4.58. The van der Waals surface area contributed by atoms with Crippen molar-refractivity contribution >= 4 is 11.8 Å². The van der Waals surface area contributed by atoms with Crippen LogP contribution >= 0.6 is 0 Å². The first-order valence-corrected chi connectivity index (χ1v) is 4.58. The molecule has 0 heterocycles. The Bertz CT molecular complexity index is 333. The summed E-state index contributed by atoms with van der Waals surface area (Å²) in [5.41, 5.74) is 7.20. The van der Waals surface area contributed by atoms with E-state index in [-0.39, 0.29) is 6.61 Å². The maximum atomic E-state index is 11.0. The van der Waals surface area contributed by atoms with Crippen LogP contribution in [0.2, 0.25) is 0 Å². The molecule has 1 aromatic carbocycles. The molecule has 0 atom stereocenters. The number of hydrogen-bond acceptors (Lipinski definition) is 3. The molecule has 0 saturated heterocycles. The Kier molecular flexibility index (Phi) is 4.22. The van der Waals surface area contributed by atoms with E-state index in [1.807, 2.05) is 12.1 Å². The van der Waals surface area contributed by atoms with Gasteiger partial charge in [-0.2, -0.15) is 0 Å². The van der Waals surface area contributed by atoms with Crippen LogP contribution in [0.4, 0.5) is 10.5 Å². The molecule has 4 nitrogen and oxygen atoms in total. The lowest BCUT2D eigenvalue weighted by Crippen LogP contribution is -2.23. The summed E-state index contributed by atoms with van der Waals surface area (Å²) in [6, 6.07) is 7.27. The van der Waals surface area contributed by atoms with E-state index in [9.17, 15) is 4.79 Å². The molecule has 0 spiro atoms. The third-order valence-corrected chi connectivity index (χ3v) is 1.75. The third-order valence-electron chi connectivity index (χ3n) is 1.75. The van der Waals surface area contributed by atoms with Crippen LogP contribution in [0.3, 0.4) is 0 Å². The van der Waals surface area contributed by atoms with Gasteiger partial charge in [0.05, 0.1) is 0 Å². The molecule has 0 fully saturated rings. The molecule has 4 heteroatoms. The molecule has 0 unspecified atom stereocenters. The van der Waals surface area contributed by atoms with Gasteiger partial charge in [-0.15, -0.1) is 0 Å². The lowest BCUT2D eigenvalue weighted by Gasteiger charge is -2.05. The minimum atomic E-state index is -0.452. The molecule has 15 heavy (non-hydrogen) atoms. The van der Waals surface area contributed by atoms with Gasteiger partial charge in [0.2, 0.25) is 0 Å². The zero-order valence-corrected chi connectivity index (χ0v) is 8.40. The van der Waals surface area contributed by atoms with Crippen LogP contribution in [0.5, 0.6) is 0 Å². The Morgan fingerprint density at radius 2 is 2.13 bits per heavy atom. The second kappa shape index (κ2) is 5.70. The predicted octanol–water partition coefficient (Wildman–Crippen LogP) is 1.68. The highest BCUT2D eigenvalue weighted by Gasteiger charge is 1.99. The maximum Gasteiger partial charge on any atom is 0.407 e. The average Bonchev–Trinajstić information content (AvgIpc) is 2.25. The summed E-state index contributed by atoms with van der Waals surface area (Å²) in [5, 5.41) is 2.60. The monoisotopic (exact) mass is 206 g/mol. The standard InChI is InChI=1S/C11H14N2O2/c1-2-7-15-11(14)13-8-9-3-5-10(12)6-4-9/h2-6H,1,7-8,12H2,(H,13,14). The van der Waals surface area contributed by atoms with Crippen molar-refractivity contribution in [1.82, 2.24) is 5.32 Å². The summed E-state index contributed by atoms with van der Waals surface area (Å²) in [6.45, 7) is 4.08. The van der Waals surface area contributed by atoms with E-state index in [1.165, 1.54) is 6.08 Å².